The van der Waals surface area contributed by atoms with Crippen LogP contribution in [0.2, 0.25) is 0 Å². The highest BCUT2D eigenvalue weighted by Gasteiger charge is 2.28. The van der Waals surface area contributed by atoms with Crippen molar-refractivity contribution in [3.8, 4) is 0 Å². The maximum atomic E-state index is 13.7. The van der Waals surface area contributed by atoms with E-state index in [4.69, 9.17) is 0 Å². The fraction of sp³-hybridized carbons (Fsp3) is 0.739. The van der Waals surface area contributed by atoms with Crippen LogP contribution in [0.5, 0.6) is 0 Å². The van der Waals surface area contributed by atoms with E-state index in [-0.39, 0.29) is 17.3 Å². The molecule has 1 saturated heterocycles. The van der Waals surface area contributed by atoms with Crippen molar-refractivity contribution in [3.63, 3.8) is 0 Å². The molecular weight excluding hydrogens is 396 g/mol. The zero-order valence-electron chi connectivity index (χ0n) is 18.2. The molecule has 0 N–H and O–H groups in total. The number of aromatic nitrogens is 2. The Bertz CT molecular complexity index is 1020. The van der Waals surface area contributed by atoms with Crippen LogP contribution in [0.3, 0.4) is 0 Å². The number of hydrogen-bond donors (Lipinski definition) is 0. The summed E-state index contributed by atoms with van der Waals surface area (Å²) in [5, 5.41) is 0.854. The van der Waals surface area contributed by atoms with E-state index in [9.17, 15) is 9.59 Å². The van der Waals surface area contributed by atoms with Crippen molar-refractivity contribution < 1.29 is 0 Å². The van der Waals surface area contributed by atoms with Gasteiger partial charge in [0, 0.05) is 37.1 Å². The zero-order chi connectivity index (χ0) is 20.7. The molecule has 2 aliphatic heterocycles. The summed E-state index contributed by atoms with van der Waals surface area (Å²) < 4.78 is 3.62. The largest absolute Gasteiger partial charge is 0.332 e. The number of thiophene rings is 1. The maximum Gasteiger partial charge on any atom is 0.332 e. The lowest BCUT2D eigenvalue weighted by atomic mass is 9.95. The fourth-order valence-electron chi connectivity index (χ4n) is 5.63. The molecule has 4 heterocycles. The average Bonchev–Trinajstić information content (AvgIpc) is 3.13. The molecule has 3 aliphatic rings. The number of likely N-dealkylation sites (N-methyl/N-ethyl adjacent to an activating group) is 1. The summed E-state index contributed by atoms with van der Waals surface area (Å²) in [5.41, 5.74) is 1.14. The van der Waals surface area contributed by atoms with Gasteiger partial charge in [-0.15, -0.1) is 11.3 Å². The second kappa shape index (κ2) is 8.60. The molecular formula is C23H34N4O2S. The predicted octanol–water partition coefficient (Wildman–Crippen LogP) is 3.20. The molecule has 0 atom stereocenters. The van der Waals surface area contributed by atoms with E-state index in [0.717, 1.165) is 75.0 Å². The number of likely N-dealkylation sites (tertiary alicyclic amines) is 1. The SMILES string of the molecule is CN1CCc2c(sc3c2c(=O)n(C2CCCCC2)c(=O)n3CCN2CCCCC2)C1. The van der Waals surface area contributed by atoms with E-state index in [1.165, 1.54) is 36.1 Å². The summed E-state index contributed by atoms with van der Waals surface area (Å²) in [6.07, 6.45) is 10.1. The van der Waals surface area contributed by atoms with Gasteiger partial charge in [0.05, 0.1) is 5.39 Å². The zero-order valence-corrected chi connectivity index (χ0v) is 19.0. The lowest BCUT2D eigenvalue weighted by Crippen LogP contribution is -2.44. The van der Waals surface area contributed by atoms with E-state index in [1.807, 2.05) is 4.57 Å². The molecule has 0 bridgehead atoms. The minimum absolute atomic E-state index is 0.0156. The second-order valence-electron chi connectivity index (χ2n) is 9.48. The molecule has 6 nitrogen and oxygen atoms in total. The molecule has 0 amide bonds. The highest BCUT2D eigenvalue weighted by Crippen LogP contribution is 2.33. The highest BCUT2D eigenvalue weighted by atomic mass is 32.1. The van der Waals surface area contributed by atoms with Crippen molar-refractivity contribution in [1.82, 2.24) is 18.9 Å². The molecule has 0 spiro atoms. The fourth-order valence-corrected chi connectivity index (χ4v) is 7.07. The van der Waals surface area contributed by atoms with Gasteiger partial charge in [-0.05, 0) is 57.8 Å². The third-order valence-corrected chi connectivity index (χ3v) is 8.61. The van der Waals surface area contributed by atoms with Crippen LogP contribution in [0, 0.1) is 0 Å². The second-order valence-corrected chi connectivity index (χ2v) is 10.6. The monoisotopic (exact) mass is 430 g/mol. The van der Waals surface area contributed by atoms with E-state index < -0.39 is 0 Å². The van der Waals surface area contributed by atoms with Crippen LogP contribution in [0.15, 0.2) is 9.59 Å². The summed E-state index contributed by atoms with van der Waals surface area (Å²) in [6, 6.07) is 0.0752. The van der Waals surface area contributed by atoms with Crippen molar-refractivity contribution in [3.05, 3.63) is 31.3 Å². The normalized spacial score (nSPS) is 21.9. The van der Waals surface area contributed by atoms with Gasteiger partial charge in [0.2, 0.25) is 0 Å². The molecule has 0 aromatic carbocycles. The Labute approximate surface area is 182 Å². The van der Waals surface area contributed by atoms with Gasteiger partial charge in [-0.3, -0.25) is 13.9 Å². The Morgan fingerprint density at radius 2 is 1.67 bits per heavy atom. The minimum Gasteiger partial charge on any atom is -0.302 e. The summed E-state index contributed by atoms with van der Waals surface area (Å²) in [5.74, 6) is 0. The van der Waals surface area contributed by atoms with Crippen LogP contribution in [0.25, 0.3) is 10.2 Å². The number of rotatable bonds is 4. The smallest absolute Gasteiger partial charge is 0.302 e. The van der Waals surface area contributed by atoms with Crippen LogP contribution in [0.1, 0.15) is 67.8 Å². The topological polar surface area (TPSA) is 50.5 Å². The molecule has 0 unspecified atom stereocenters. The van der Waals surface area contributed by atoms with Gasteiger partial charge in [0.15, 0.2) is 0 Å². The lowest BCUT2D eigenvalue weighted by Gasteiger charge is -2.27. The van der Waals surface area contributed by atoms with Crippen molar-refractivity contribution in [2.75, 3.05) is 33.2 Å². The molecule has 30 heavy (non-hydrogen) atoms. The van der Waals surface area contributed by atoms with E-state index in [2.05, 4.69) is 16.8 Å². The summed E-state index contributed by atoms with van der Waals surface area (Å²) in [6.45, 7) is 5.72. The molecule has 1 saturated carbocycles. The molecule has 2 aromatic rings. The van der Waals surface area contributed by atoms with Gasteiger partial charge < -0.3 is 9.80 Å². The number of fused-ring (bicyclic) bond motifs is 3. The first-order chi connectivity index (χ1) is 14.6. The van der Waals surface area contributed by atoms with E-state index in [1.54, 1.807) is 15.9 Å². The van der Waals surface area contributed by atoms with Crippen LogP contribution < -0.4 is 11.2 Å². The maximum absolute atomic E-state index is 13.7. The quantitative estimate of drug-likeness (QED) is 0.747. The van der Waals surface area contributed by atoms with E-state index in [0.29, 0.717) is 6.54 Å². The molecule has 5 rings (SSSR count). The first kappa shape index (κ1) is 20.5. The van der Waals surface area contributed by atoms with Crippen molar-refractivity contribution >= 4 is 21.6 Å². The first-order valence-electron chi connectivity index (χ1n) is 11.8. The van der Waals surface area contributed by atoms with Gasteiger partial charge in [-0.1, -0.05) is 25.7 Å². The summed E-state index contributed by atoms with van der Waals surface area (Å²) in [7, 11) is 2.14. The standard InChI is InChI=1S/C23H34N4O2S/c1-24-13-10-18-19(16-24)30-22-20(18)21(28)27(17-8-4-2-5-9-17)23(29)26(22)15-14-25-11-6-3-7-12-25/h17H,2-16H2,1H3. The Morgan fingerprint density at radius 1 is 0.933 bits per heavy atom. The minimum atomic E-state index is -0.0663. The van der Waals surface area contributed by atoms with Crippen molar-refractivity contribution in [2.45, 2.75) is 76.9 Å². The van der Waals surface area contributed by atoms with Gasteiger partial charge in [0.25, 0.3) is 5.56 Å². The van der Waals surface area contributed by atoms with Crippen LogP contribution in [0.4, 0.5) is 0 Å². The molecule has 2 fully saturated rings. The highest BCUT2D eigenvalue weighted by molar-refractivity contribution is 7.18. The molecule has 1 aliphatic carbocycles. The first-order valence-corrected chi connectivity index (χ1v) is 12.7. The lowest BCUT2D eigenvalue weighted by molar-refractivity contribution is 0.219. The summed E-state index contributed by atoms with van der Waals surface area (Å²) in [4.78, 5) is 34.3. The van der Waals surface area contributed by atoms with Crippen LogP contribution in [-0.4, -0.2) is 52.2 Å². The predicted molar refractivity (Wildman–Crippen MR) is 123 cm³/mol. The molecule has 2 aromatic heterocycles. The Hall–Kier alpha value is -1.44. The third kappa shape index (κ3) is 3.69. The third-order valence-electron chi connectivity index (χ3n) is 7.37. The van der Waals surface area contributed by atoms with Gasteiger partial charge >= 0.3 is 5.69 Å². The molecule has 7 heteroatoms. The van der Waals surface area contributed by atoms with E-state index >= 15 is 0 Å². The number of nitrogens with zero attached hydrogens (tertiary/aromatic N) is 4. The Kier molecular flexibility index (Phi) is 5.86. The van der Waals surface area contributed by atoms with Crippen LogP contribution >= 0.6 is 11.3 Å². The number of hydrogen-bond acceptors (Lipinski definition) is 5. The van der Waals surface area contributed by atoms with Crippen molar-refractivity contribution in [1.29, 1.82) is 0 Å². The van der Waals surface area contributed by atoms with Gasteiger partial charge in [0.1, 0.15) is 4.83 Å². The van der Waals surface area contributed by atoms with Crippen molar-refractivity contribution in [2.24, 2.45) is 0 Å². The van der Waals surface area contributed by atoms with Crippen LogP contribution in [-0.2, 0) is 19.5 Å². The number of piperidine rings is 1. The molecule has 164 valence electrons. The van der Waals surface area contributed by atoms with Gasteiger partial charge in [-0.25, -0.2) is 4.79 Å². The Morgan fingerprint density at radius 3 is 2.43 bits per heavy atom. The molecule has 0 radical (unpaired) electrons. The Balaban J connectivity index is 1.62. The summed E-state index contributed by atoms with van der Waals surface area (Å²) >= 11 is 1.69. The van der Waals surface area contributed by atoms with Gasteiger partial charge in [-0.2, -0.15) is 0 Å². The average molecular weight is 431 g/mol.